The van der Waals surface area contributed by atoms with Crippen LogP contribution < -0.4 is 0 Å². The summed E-state index contributed by atoms with van der Waals surface area (Å²) in [5, 5.41) is 0. The molecule has 0 radical (unpaired) electrons. The van der Waals surface area contributed by atoms with Gasteiger partial charge in [-0.25, -0.2) is 4.39 Å². The maximum absolute atomic E-state index is 12.8. The summed E-state index contributed by atoms with van der Waals surface area (Å²) in [4.78, 5) is 24.0. The van der Waals surface area contributed by atoms with Gasteiger partial charge in [-0.2, -0.15) is 0 Å². The standard InChI is InChI=1S/C12H12FNO2/c1-14-6-10(11(7-15)12(14)16)8-2-4-9(13)5-3-8/h2-5,7,10-11H,6H2,1H3. The minimum absolute atomic E-state index is 0.157. The Morgan fingerprint density at radius 2 is 2.00 bits per heavy atom. The number of nitrogens with zero attached hydrogens (tertiary/aromatic N) is 1. The molecule has 0 bridgehead atoms. The van der Waals surface area contributed by atoms with Crippen molar-refractivity contribution in [2.45, 2.75) is 5.92 Å². The summed E-state index contributed by atoms with van der Waals surface area (Å²) in [6, 6.07) is 5.95. The van der Waals surface area contributed by atoms with Gasteiger partial charge in [0, 0.05) is 19.5 Å². The number of halogens is 1. The Morgan fingerprint density at radius 1 is 1.38 bits per heavy atom. The number of carbonyl (C=O) groups is 2. The Balaban J connectivity index is 2.30. The highest BCUT2D eigenvalue weighted by molar-refractivity contribution is 5.94. The minimum atomic E-state index is -0.629. The van der Waals surface area contributed by atoms with Crippen molar-refractivity contribution in [1.29, 1.82) is 0 Å². The van der Waals surface area contributed by atoms with E-state index < -0.39 is 5.92 Å². The Labute approximate surface area is 92.9 Å². The molecule has 2 unspecified atom stereocenters. The van der Waals surface area contributed by atoms with E-state index in [9.17, 15) is 14.0 Å². The molecule has 1 heterocycles. The molecular weight excluding hydrogens is 209 g/mol. The van der Waals surface area contributed by atoms with Crippen LogP contribution in [0, 0.1) is 11.7 Å². The van der Waals surface area contributed by atoms with E-state index in [4.69, 9.17) is 0 Å². The monoisotopic (exact) mass is 221 g/mol. The van der Waals surface area contributed by atoms with Gasteiger partial charge in [0.1, 0.15) is 18.0 Å². The molecule has 0 saturated carbocycles. The molecule has 1 amide bonds. The summed E-state index contributed by atoms with van der Waals surface area (Å²) in [7, 11) is 1.67. The van der Waals surface area contributed by atoms with Crippen molar-refractivity contribution in [1.82, 2.24) is 4.90 Å². The summed E-state index contributed by atoms with van der Waals surface area (Å²) in [5.74, 6) is -1.26. The van der Waals surface area contributed by atoms with Gasteiger partial charge in [-0.05, 0) is 17.7 Å². The predicted molar refractivity (Wildman–Crippen MR) is 56.3 cm³/mol. The molecule has 1 aromatic carbocycles. The number of amides is 1. The van der Waals surface area contributed by atoms with Crippen LogP contribution in [0.15, 0.2) is 24.3 Å². The van der Waals surface area contributed by atoms with Crippen LogP contribution >= 0.6 is 0 Å². The third kappa shape index (κ3) is 1.71. The van der Waals surface area contributed by atoms with Gasteiger partial charge >= 0.3 is 0 Å². The maximum Gasteiger partial charge on any atom is 0.233 e. The number of benzene rings is 1. The number of hydrogen-bond acceptors (Lipinski definition) is 2. The first kappa shape index (κ1) is 10.8. The van der Waals surface area contributed by atoms with E-state index in [1.165, 1.54) is 17.0 Å². The molecule has 1 aliphatic rings. The average Bonchev–Trinajstić information content (AvgIpc) is 2.56. The molecule has 3 nitrogen and oxygen atoms in total. The van der Waals surface area contributed by atoms with Crippen molar-refractivity contribution in [3.8, 4) is 0 Å². The van der Waals surface area contributed by atoms with Crippen LogP contribution in [0.3, 0.4) is 0 Å². The molecule has 0 spiro atoms. The lowest BCUT2D eigenvalue weighted by Crippen LogP contribution is -2.23. The van der Waals surface area contributed by atoms with Gasteiger partial charge in [0.25, 0.3) is 0 Å². The number of rotatable bonds is 2. The largest absolute Gasteiger partial charge is 0.344 e. The van der Waals surface area contributed by atoms with Crippen LogP contribution in [0.5, 0.6) is 0 Å². The van der Waals surface area contributed by atoms with Crippen molar-refractivity contribution in [3.63, 3.8) is 0 Å². The van der Waals surface area contributed by atoms with Gasteiger partial charge in [0.2, 0.25) is 5.91 Å². The lowest BCUT2D eigenvalue weighted by atomic mass is 9.90. The van der Waals surface area contributed by atoms with Crippen molar-refractivity contribution < 1.29 is 14.0 Å². The van der Waals surface area contributed by atoms with E-state index in [2.05, 4.69) is 0 Å². The normalized spacial score (nSPS) is 24.9. The summed E-state index contributed by atoms with van der Waals surface area (Å²) < 4.78 is 12.8. The highest BCUT2D eigenvalue weighted by Gasteiger charge is 2.39. The second-order valence-corrected chi connectivity index (χ2v) is 4.04. The third-order valence-corrected chi connectivity index (χ3v) is 3.01. The third-order valence-electron chi connectivity index (χ3n) is 3.01. The number of likely N-dealkylation sites (tertiary alicyclic amines) is 1. The van der Waals surface area contributed by atoms with Crippen LogP contribution in [0.4, 0.5) is 4.39 Å². The molecule has 1 saturated heterocycles. The SMILES string of the molecule is CN1CC(c2ccc(F)cc2)C(C=O)C1=O. The van der Waals surface area contributed by atoms with Crippen molar-refractivity contribution in [3.05, 3.63) is 35.6 Å². The zero-order valence-electron chi connectivity index (χ0n) is 8.89. The molecule has 1 aliphatic heterocycles. The Morgan fingerprint density at radius 3 is 2.56 bits per heavy atom. The van der Waals surface area contributed by atoms with Gasteiger partial charge in [-0.3, -0.25) is 4.79 Å². The summed E-state index contributed by atoms with van der Waals surface area (Å²) in [5.41, 5.74) is 0.830. The first-order valence-electron chi connectivity index (χ1n) is 5.09. The van der Waals surface area contributed by atoms with Gasteiger partial charge in [0.05, 0.1) is 0 Å². The van der Waals surface area contributed by atoms with E-state index in [1.807, 2.05) is 0 Å². The second-order valence-electron chi connectivity index (χ2n) is 4.04. The molecule has 16 heavy (non-hydrogen) atoms. The lowest BCUT2D eigenvalue weighted by molar-refractivity contribution is -0.132. The fraction of sp³-hybridized carbons (Fsp3) is 0.333. The quantitative estimate of drug-likeness (QED) is 0.556. The van der Waals surface area contributed by atoms with Gasteiger partial charge < -0.3 is 9.69 Å². The highest BCUT2D eigenvalue weighted by Crippen LogP contribution is 2.31. The number of aldehydes is 1. The van der Waals surface area contributed by atoms with Crippen molar-refractivity contribution >= 4 is 12.2 Å². The van der Waals surface area contributed by atoms with Crippen LogP contribution in [0.25, 0.3) is 0 Å². The van der Waals surface area contributed by atoms with E-state index >= 15 is 0 Å². The van der Waals surface area contributed by atoms with E-state index in [0.29, 0.717) is 12.8 Å². The zero-order chi connectivity index (χ0) is 11.7. The fourth-order valence-corrected chi connectivity index (χ4v) is 2.10. The Hall–Kier alpha value is -1.71. The van der Waals surface area contributed by atoms with Gasteiger partial charge in [0.15, 0.2) is 0 Å². The number of likely N-dealkylation sites (N-methyl/N-ethyl adjacent to an activating group) is 1. The second kappa shape index (κ2) is 4.04. The van der Waals surface area contributed by atoms with Crippen molar-refractivity contribution in [2.24, 2.45) is 5.92 Å². The maximum atomic E-state index is 12.8. The first-order valence-corrected chi connectivity index (χ1v) is 5.09. The fourth-order valence-electron chi connectivity index (χ4n) is 2.10. The van der Waals surface area contributed by atoms with Gasteiger partial charge in [-0.15, -0.1) is 0 Å². The van der Waals surface area contributed by atoms with Gasteiger partial charge in [-0.1, -0.05) is 12.1 Å². The molecule has 1 aromatic rings. The minimum Gasteiger partial charge on any atom is -0.344 e. The van der Waals surface area contributed by atoms with E-state index in [0.717, 1.165) is 5.56 Å². The molecule has 2 atom stereocenters. The molecule has 84 valence electrons. The van der Waals surface area contributed by atoms with E-state index in [1.54, 1.807) is 19.2 Å². The van der Waals surface area contributed by atoms with Crippen molar-refractivity contribution in [2.75, 3.05) is 13.6 Å². The van der Waals surface area contributed by atoms with Crippen LogP contribution in [-0.2, 0) is 9.59 Å². The average molecular weight is 221 g/mol. The Kier molecular flexibility index (Phi) is 2.73. The molecule has 1 fully saturated rings. The molecule has 0 aromatic heterocycles. The van der Waals surface area contributed by atoms with Crippen LogP contribution in [-0.4, -0.2) is 30.7 Å². The highest BCUT2D eigenvalue weighted by atomic mass is 19.1. The molecule has 2 rings (SSSR count). The van der Waals surface area contributed by atoms with Crippen LogP contribution in [0.2, 0.25) is 0 Å². The first-order chi connectivity index (χ1) is 7.63. The molecule has 0 N–H and O–H groups in total. The smallest absolute Gasteiger partial charge is 0.233 e. The summed E-state index contributed by atoms with van der Waals surface area (Å²) in [6.07, 6.45) is 0.680. The number of carbonyl (C=O) groups excluding carboxylic acids is 2. The molecule has 0 aliphatic carbocycles. The topological polar surface area (TPSA) is 37.4 Å². The van der Waals surface area contributed by atoms with Crippen LogP contribution in [0.1, 0.15) is 11.5 Å². The zero-order valence-corrected chi connectivity index (χ0v) is 8.89. The summed E-state index contributed by atoms with van der Waals surface area (Å²) in [6.45, 7) is 0.508. The predicted octanol–water partition coefficient (Wildman–Crippen LogP) is 1.20. The van der Waals surface area contributed by atoms with E-state index in [-0.39, 0.29) is 17.6 Å². The number of hydrogen-bond donors (Lipinski definition) is 0. The molecular formula is C12H12FNO2. The lowest BCUT2D eigenvalue weighted by Gasteiger charge is -2.11. The Bertz CT molecular complexity index is 416. The summed E-state index contributed by atoms with van der Waals surface area (Å²) >= 11 is 0. The molecule has 4 heteroatoms.